The zero-order valence-electron chi connectivity index (χ0n) is 25.7. The van der Waals surface area contributed by atoms with Crippen LogP contribution in [0.1, 0.15) is 49.6 Å². The number of rotatable bonds is 18. The number of imidazole rings is 1. The fourth-order valence-electron chi connectivity index (χ4n) is 5.05. The Balaban J connectivity index is 1.69. The maximum Gasteiger partial charge on any atom is 0.524 e. The van der Waals surface area contributed by atoms with E-state index in [0.29, 0.717) is 61.4 Å². The number of ether oxygens (including phenoxy) is 1. The summed E-state index contributed by atoms with van der Waals surface area (Å²) < 4.78 is 40.6. The first-order valence-corrected chi connectivity index (χ1v) is 19.1. The number of nitrogens with one attached hydrogen (secondary N) is 1. The molecular formula is C29H38BrN5O10P2. The normalized spacial score (nSPS) is 12.1. The number of anilines is 1. The van der Waals surface area contributed by atoms with Crippen molar-refractivity contribution in [3.8, 4) is 11.5 Å². The Morgan fingerprint density at radius 1 is 0.979 bits per heavy atom. The monoisotopic (exact) mass is 757 g/mol. The van der Waals surface area contributed by atoms with Gasteiger partial charge in [-0.15, -0.1) is 0 Å². The van der Waals surface area contributed by atoms with Gasteiger partial charge < -0.3 is 29.4 Å². The van der Waals surface area contributed by atoms with E-state index in [2.05, 4.69) is 26.2 Å². The molecule has 0 aliphatic carbocycles. The van der Waals surface area contributed by atoms with E-state index in [-0.39, 0.29) is 40.7 Å². The molecule has 0 aliphatic rings. The average molecular weight is 759 g/mol. The summed E-state index contributed by atoms with van der Waals surface area (Å²) in [5.41, 5.74) is 9.30. The highest BCUT2D eigenvalue weighted by molar-refractivity contribution is 9.09. The molecule has 0 atom stereocenters. The molecule has 0 saturated heterocycles. The van der Waals surface area contributed by atoms with Crippen LogP contribution in [0.2, 0.25) is 0 Å². The fourth-order valence-corrected chi connectivity index (χ4v) is 6.07. The van der Waals surface area contributed by atoms with Crippen LogP contribution in [-0.4, -0.2) is 65.1 Å². The van der Waals surface area contributed by atoms with Gasteiger partial charge in [-0.2, -0.15) is 0 Å². The molecule has 4 aromatic rings. The van der Waals surface area contributed by atoms with Crippen molar-refractivity contribution in [2.24, 2.45) is 0 Å². The van der Waals surface area contributed by atoms with Crippen molar-refractivity contribution in [3.05, 3.63) is 53.3 Å². The number of hydrogen-bond donors (Lipinski definition) is 6. The van der Waals surface area contributed by atoms with Crippen LogP contribution < -0.4 is 20.1 Å². The molecule has 1 amide bonds. The Morgan fingerprint density at radius 3 is 2.43 bits per heavy atom. The van der Waals surface area contributed by atoms with Crippen molar-refractivity contribution < 1.29 is 47.3 Å². The first-order valence-electron chi connectivity index (χ1n) is 14.9. The molecule has 256 valence electrons. The van der Waals surface area contributed by atoms with Crippen LogP contribution in [0.3, 0.4) is 0 Å². The Bertz CT molecular complexity index is 1810. The number of aryl methyl sites for hydroxylation is 2. The average Bonchev–Trinajstić information content (AvgIpc) is 3.36. The van der Waals surface area contributed by atoms with E-state index in [4.69, 9.17) is 24.5 Å². The smallest absolute Gasteiger partial charge is 0.404 e. The topological polar surface area (TPSA) is 229 Å². The molecule has 0 unspecified atom stereocenters. The highest BCUT2D eigenvalue weighted by Gasteiger charge is 2.24. The predicted octanol–water partition coefficient (Wildman–Crippen LogP) is 4.35. The molecule has 0 radical (unpaired) electrons. The highest BCUT2D eigenvalue weighted by Crippen LogP contribution is 2.43. The zero-order chi connectivity index (χ0) is 34.2. The molecule has 0 saturated carbocycles. The van der Waals surface area contributed by atoms with Crippen molar-refractivity contribution in [1.82, 2.24) is 19.9 Å². The van der Waals surface area contributed by atoms with E-state index in [1.807, 2.05) is 29.7 Å². The number of benzene rings is 2. The minimum atomic E-state index is -5.00. The van der Waals surface area contributed by atoms with Crippen LogP contribution in [0.4, 0.5) is 5.82 Å². The number of alkyl halides is 1. The van der Waals surface area contributed by atoms with Crippen LogP contribution in [0, 0.1) is 0 Å². The van der Waals surface area contributed by atoms with E-state index in [9.17, 15) is 33.5 Å². The number of fused-ring (bicyclic) bond motifs is 3. The second-order valence-electron chi connectivity index (χ2n) is 10.7. The molecule has 0 bridgehead atoms. The van der Waals surface area contributed by atoms with E-state index in [0.717, 1.165) is 36.3 Å². The molecule has 0 fully saturated rings. The van der Waals surface area contributed by atoms with Gasteiger partial charge in [0.15, 0.2) is 5.82 Å². The summed E-state index contributed by atoms with van der Waals surface area (Å²) >= 11 is 3.11. The Hall–Kier alpha value is -3.07. The lowest BCUT2D eigenvalue weighted by atomic mass is 10.1. The molecule has 18 heteroatoms. The molecule has 2 aromatic carbocycles. The number of amides is 1. The van der Waals surface area contributed by atoms with Gasteiger partial charge in [0.2, 0.25) is 5.91 Å². The fraction of sp³-hybridized carbons (Fsp3) is 0.414. The molecule has 0 spiro atoms. The van der Waals surface area contributed by atoms with Crippen LogP contribution in [-0.2, 0) is 38.0 Å². The molecule has 0 aliphatic heterocycles. The standard InChI is InChI=1S/C29H38BrN5O10P2/c1-2-3-7-25-34-27-28(35(25)18-20-16-21(44-46(37,38)39)9-11-24(20)45-47(40,41)42)22-15-19(8-10-23(22)33-29(27)31)6-4-13-43-14-5-12-32-26(36)17-30/h8-11,15-16H,2-7,12-14,17-18H2,1H3,(H2,31,33)(H,32,36)(H2,37,38,39)(H2,40,41,42). The molecule has 4 rings (SSSR count). The van der Waals surface area contributed by atoms with Gasteiger partial charge >= 0.3 is 15.6 Å². The van der Waals surface area contributed by atoms with E-state index in [1.54, 1.807) is 0 Å². The first-order chi connectivity index (χ1) is 22.3. The summed E-state index contributed by atoms with van der Waals surface area (Å²) in [4.78, 5) is 58.5. The maximum atomic E-state index is 11.8. The quantitative estimate of drug-likeness (QED) is 0.0472. The van der Waals surface area contributed by atoms with E-state index in [1.165, 1.54) is 12.1 Å². The van der Waals surface area contributed by atoms with Crippen LogP contribution >= 0.6 is 31.6 Å². The number of pyridine rings is 1. The van der Waals surface area contributed by atoms with Gasteiger partial charge in [0.25, 0.3) is 0 Å². The second-order valence-corrected chi connectivity index (χ2v) is 13.6. The van der Waals surface area contributed by atoms with Gasteiger partial charge in [0, 0.05) is 37.1 Å². The first kappa shape index (κ1) is 36.8. The largest absolute Gasteiger partial charge is 0.524 e. The number of carbonyl (C=O) groups is 1. The third-order valence-electron chi connectivity index (χ3n) is 7.07. The van der Waals surface area contributed by atoms with E-state index < -0.39 is 15.6 Å². The van der Waals surface area contributed by atoms with Crippen molar-refractivity contribution in [1.29, 1.82) is 0 Å². The summed E-state index contributed by atoms with van der Waals surface area (Å²) in [5, 5.41) is 3.80. The number of aromatic nitrogens is 3. The van der Waals surface area contributed by atoms with Gasteiger partial charge in [0.05, 0.1) is 22.9 Å². The summed E-state index contributed by atoms with van der Waals surface area (Å²) in [6.07, 6.45) is 4.38. The van der Waals surface area contributed by atoms with Gasteiger partial charge in [-0.05, 0) is 61.6 Å². The third-order valence-corrected chi connectivity index (χ3v) is 8.46. The summed E-state index contributed by atoms with van der Waals surface area (Å²) in [5.74, 6) is 0.366. The van der Waals surface area contributed by atoms with Crippen molar-refractivity contribution in [3.63, 3.8) is 0 Å². The Kier molecular flexibility index (Phi) is 12.8. The number of phosphoric ester groups is 2. The molecule has 7 N–H and O–H groups in total. The number of hydrogen-bond acceptors (Lipinski definition) is 9. The van der Waals surface area contributed by atoms with Crippen molar-refractivity contribution in [2.45, 2.75) is 52.0 Å². The molecular weight excluding hydrogens is 720 g/mol. The van der Waals surface area contributed by atoms with Crippen molar-refractivity contribution in [2.75, 3.05) is 30.8 Å². The summed E-state index contributed by atoms with van der Waals surface area (Å²) in [6.45, 7) is 3.59. The van der Waals surface area contributed by atoms with Crippen molar-refractivity contribution >= 4 is 65.2 Å². The molecule has 2 aromatic heterocycles. The lowest BCUT2D eigenvalue weighted by molar-refractivity contribution is -0.118. The third kappa shape index (κ3) is 10.7. The number of unbranched alkanes of at least 4 members (excludes halogenated alkanes) is 1. The van der Waals surface area contributed by atoms with Crippen LogP contribution in [0.15, 0.2) is 36.4 Å². The number of nitrogens with two attached hydrogens (primary N) is 1. The number of carbonyl (C=O) groups excluding carboxylic acids is 1. The SMILES string of the molecule is CCCCc1nc2c(N)nc3ccc(CCCOCCCNC(=O)CBr)cc3c2n1Cc1cc(OP(=O)(O)O)ccc1OP(=O)(O)O. The van der Waals surface area contributed by atoms with Gasteiger partial charge in [-0.25, -0.2) is 19.1 Å². The number of phosphoric acid groups is 2. The predicted molar refractivity (Wildman–Crippen MR) is 180 cm³/mol. The molecule has 15 nitrogen and oxygen atoms in total. The molecule has 47 heavy (non-hydrogen) atoms. The number of halogens is 1. The van der Waals surface area contributed by atoms with Crippen LogP contribution in [0.5, 0.6) is 11.5 Å². The van der Waals surface area contributed by atoms with Crippen LogP contribution in [0.25, 0.3) is 21.9 Å². The zero-order valence-corrected chi connectivity index (χ0v) is 29.0. The summed E-state index contributed by atoms with van der Waals surface area (Å²) in [6, 6.07) is 9.42. The van der Waals surface area contributed by atoms with Gasteiger partial charge in [-0.3, -0.25) is 24.4 Å². The maximum absolute atomic E-state index is 11.8. The second kappa shape index (κ2) is 16.4. The van der Waals surface area contributed by atoms with Gasteiger partial charge in [-0.1, -0.05) is 35.3 Å². The lowest BCUT2D eigenvalue weighted by Gasteiger charge is -2.17. The Labute approximate surface area is 279 Å². The summed E-state index contributed by atoms with van der Waals surface area (Å²) in [7, 11) is -9.93. The minimum Gasteiger partial charge on any atom is -0.404 e. The highest BCUT2D eigenvalue weighted by atomic mass is 79.9. The minimum absolute atomic E-state index is 0.0457. The van der Waals surface area contributed by atoms with E-state index >= 15 is 0 Å². The number of nitrogen functional groups attached to an aromatic ring is 1. The number of nitrogens with zero attached hydrogens (tertiary/aromatic N) is 3. The lowest BCUT2D eigenvalue weighted by Crippen LogP contribution is -2.26. The molecule has 2 heterocycles. The van der Waals surface area contributed by atoms with Gasteiger partial charge in [0.1, 0.15) is 22.8 Å². The Morgan fingerprint density at radius 2 is 1.72 bits per heavy atom.